The molecule has 13 heavy (non-hydrogen) atoms. The van der Waals surface area contributed by atoms with Gasteiger partial charge in [-0.2, -0.15) is 0 Å². The molecule has 5 heteroatoms. The molecule has 0 aromatic carbocycles. The predicted molar refractivity (Wildman–Crippen MR) is 58.9 cm³/mol. The minimum Gasteiger partial charge on any atom is -0.361 e. The smallest absolute Gasteiger partial charge is 0.182 e. The van der Waals surface area contributed by atoms with E-state index in [1.807, 2.05) is 19.2 Å². The molecule has 0 radical (unpaired) electrons. The summed E-state index contributed by atoms with van der Waals surface area (Å²) in [5.41, 5.74) is 1.03. The van der Waals surface area contributed by atoms with Crippen molar-refractivity contribution in [3.8, 4) is 0 Å². The number of hydrogen-bond donors (Lipinski definition) is 1. The van der Waals surface area contributed by atoms with Gasteiger partial charge in [0.1, 0.15) is 0 Å². The molecule has 0 saturated heterocycles. The van der Waals surface area contributed by atoms with Crippen LogP contribution in [0.2, 0.25) is 0 Å². The standard InChI is InChI=1S/C8H14N2OS2/c1-3-13(11)5-4-9-8-10-7(2)6-12-8/h6H,3-5H2,1-2H3,(H,9,10). The Bertz CT molecular complexity index is 285. The van der Waals surface area contributed by atoms with Crippen molar-refractivity contribution in [3.05, 3.63) is 11.1 Å². The van der Waals surface area contributed by atoms with E-state index in [2.05, 4.69) is 10.3 Å². The zero-order valence-corrected chi connectivity index (χ0v) is 9.50. The Morgan fingerprint density at radius 1 is 1.69 bits per heavy atom. The maximum absolute atomic E-state index is 11.1. The molecule has 1 aromatic rings. The molecule has 1 unspecified atom stereocenters. The van der Waals surface area contributed by atoms with Gasteiger partial charge in [0.05, 0.1) is 5.69 Å². The van der Waals surface area contributed by atoms with Gasteiger partial charge in [0.25, 0.3) is 0 Å². The van der Waals surface area contributed by atoms with Crippen LogP contribution < -0.4 is 5.32 Å². The SMILES string of the molecule is CCS(=O)CCNc1nc(C)cs1. The molecular formula is C8H14N2OS2. The highest BCUT2D eigenvalue weighted by atomic mass is 32.2. The first-order chi connectivity index (χ1) is 6.22. The summed E-state index contributed by atoms with van der Waals surface area (Å²) >= 11 is 1.59. The summed E-state index contributed by atoms with van der Waals surface area (Å²) in [6.45, 7) is 4.64. The minimum absolute atomic E-state index is 0.679. The Kier molecular flexibility index (Phi) is 4.38. The van der Waals surface area contributed by atoms with Crippen molar-refractivity contribution in [3.63, 3.8) is 0 Å². The fourth-order valence-corrected chi connectivity index (χ4v) is 2.19. The Balaban J connectivity index is 2.24. The van der Waals surface area contributed by atoms with Gasteiger partial charge in [-0.15, -0.1) is 11.3 Å². The number of aryl methyl sites for hydroxylation is 1. The van der Waals surface area contributed by atoms with Crippen LogP contribution in [0.5, 0.6) is 0 Å². The van der Waals surface area contributed by atoms with Crippen molar-refractivity contribution in [1.29, 1.82) is 0 Å². The van der Waals surface area contributed by atoms with Gasteiger partial charge in [0.15, 0.2) is 5.13 Å². The first kappa shape index (κ1) is 10.7. The van der Waals surface area contributed by atoms with Gasteiger partial charge in [-0.05, 0) is 6.92 Å². The second kappa shape index (κ2) is 5.34. The van der Waals surface area contributed by atoms with Crippen LogP contribution in [0.1, 0.15) is 12.6 Å². The van der Waals surface area contributed by atoms with Gasteiger partial charge in [0, 0.05) is 34.2 Å². The summed E-state index contributed by atoms with van der Waals surface area (Å²) in [5.74, 6) is 1.44. The minimum atomic E-state index is -0.679. The molecule has 74 valence electrons. The van der Waals surface area contributed by atoms with Crippen LogP contribution in [-0.2, 0) is 10.8 Å². The molecule has 1 heterocycles. The Hall–Kier alpha value is -0.420. The van der Waals surface area contributed by atoms with Gasteiger partial charge in [-0.3, -0.25) is 4.21 Å². The van der Waals surface area contributed by atoms with Crippen molar-refractivity contribution in [2.75, 3.05) is 23.4 Å². The van der Waals surface area contributed by atoms with Crippen LogP contribution in [0.4, 0.5) is 5.13 Å². The quantitative estimate of drug-likeness (QED) is 0.817. The highest BCUT2D eigenvalue weighted by molar-refractivity contribution is 7.84. The lowest BCUT2D eigenvalue weighted by atomic mass is 10.6. The van der Waals surface area contributed by atoms with E-state index in [9.17, 15) is 4.21 Å². The molecule has 3 nitrogen and oxygen atoms in total. The number of nitrogens with one attached hydrogen (secondary N) is 1. The molecule has 0 aliphatic carbocycles. The number of aromatic nitrogens is 1. The Labute approximate surface area is 85.0 Å². The van der Waals surface area contributed by atoms with E-state index >= 15 is 0 Å². The second-order valence-corrected chi connectivity index (χ2v) is 5.38. The number of thiazole rings is 1. The largest absolute Gasteiger partial charge is 0.361 e. The monoisotopic (exact) mass is 218 g/mol. The van der Waals surface area contributed by atoms with Gasteiger partial charge in [0.2, 0.25) is 0 Å². The van der Waals surface area contributed by atoms with E-state index in [0.29, 0.717) is 5.75 Å². The second-order valence-electron chi connectivity index (χ2n) is 2.65. The third-order valence-electron chi connectivity index (χ3n) is 1.55. The van der Waals surface area contributed by atoms with Gasteiger partial charge < -0.3 is 5.32 Å². The van der Waals surface area contributed by atoms with Crippen LogP contribution in [-0.4, -0.2) is 27.2 Å². The number of nitrogens with zero attached hydrogens (tertiary/aromatic N) is 1. The van der Waals surface area contributed by atoms with Gasteiger partial charge in [-0.25, -0.2) is 4.98 Å². The number of anilines is 1. The Morgan fingerprint density at radius 2 is 2.46 bits per heavy atom. The summed E-state index contributed by atoms with van der Waals surface area (Å²) in [6.07, 6.45) is 0. The van der Waals surface area contributed by atoms with E-state index in [1.165, 1.54) is 0 Å². The lowest BCUT2D eigenvalue weighted by Crippen LogP contribution is -2.11. The maximum atomic E-state index is 11.1. The van der Waals surface area contributed by atoms with E-state index in [0.717, 1.165) is 23.1 Å². The summed E-state index contributed by atoms with van der Waals surface area (Å²) < 4.78 is 11.1. The molecule has 0 bridgehead atoms. The first-order valence-corrected chi connectivity index (χ1v) is 6.60. The van der Waals surface area contributed by atoms with E-state index in [-0.39, 0.29) is 0 Å². The maximum Gasteiger partial charge on any atom is 0.182 e. The third-order valence-corrected chi connectivity index (χ3v) is 3.77. The average Bonchev–Trinajstić information content (AvgIpc) is 2.51. The van der Waals surface area contributed by atoms with Crippen LogP contribution in [0, 0.1) is 6.92 Å². The molecule has 0 fully saturated rings. The lowest BCUT2D eigenvalue weighted by molar-refractivity contribution is 0.684. The normalized spacial score (nSPS) is 12.8. The summed E-state index contributed by atoms with van der Waals surface area (Å²) in [5, 5.41) is 6.07. The van der Waals surface area contributed by atoms with Crippen LogP contribution in [0.25, 0.3) is 0 Å². The first-order valence-electron chi connectivity index (χ1n) is 4.23. The van der Waals surface area contributed by atoms with Gasteiger partial charge >= 0.3 is 0 Å². The molecule has 0 saturated carbocycles. The zero-order chi connectivity index (χ0) is 9.68. The van der Waals surface area contributed by atoms with Crippen LogP contribution in [0.15, 0.2) is 5.38 Å². The summed E-state index contributed by atoms with van der Waals surface area (Å²) in [6, 6.07) is 0. The highest BCUT2D eigenvalue weighted by Gasteiger charge is 1.98. The highest BCUT2D eigenvalue weighted by Crippen LogP contribution is 2.13. The molecular weight excluding hydrogens is 204 g/mol. The number of rotatable bonds is 5. The summed E-state index contributed by atoms with van der Waals surface area (Å²) in [7, 11) is -0.679. The van der Waals surface area contributed by atoms with Crippen molar-refractivity contribution in [1.82, 2.24) is 4.98 Å². The molecule has 1 aromatic heterocycles. The van der Waals surface area contributed by atoms with Gasteiger partial charge in [-0.1, -0.05) is 6.92 Å². The van der Waals surface area contributed by atoms with E-state index in [4.69, 9.17) is 0 Å². The topological polar surface area (TPSA) is 42.0 Å². The predicted octanol–water partition coefficient (Wildman–Crippen LogP) is 1.63. The molecule has 1 N–H and O–H groups in total. The average molecular weight is 218 g/mol. The summed E-state index contributed by atoms with van der Waals surface area (Å²) in [4.78, 5) is 4.24. The number of hydrogen-bond acceptors (Lipinski definition) is 4. The zero-order valence-electron chi connectivity index (χ0n) is 7.87. The third kappa shape index (κ3) is 3.87. The molecule has 1 rings (SSSR count). The van der Waals surface area contributed by atoms with Crippen molar-refractivity contribution >= 4 is 27.3 Å². The van der Waals surface area contributed by atoms with Crippen molar-refractivity contribution in [2.45, 2.75) is 13.8 Å². The fourth-order valence-electron chi connectivity index (χ4n) is 0.851. The molecule has 0 aliphatic rings. The van der Waals surface area contributed by atoms with Crippen LogP contribution >= 0.6 is 11.3 Å². The molecule has 1 atom stereocenters. The van der Waals surface area contributed by atoms with E-state index < -0.39 is 10.8 Å². The molecule has 0 amide bonds. The molecule has 0 spiro atoms. The lowest BCUT2D eigenvalue weighted by Gasteiger charge is -2.00. The van der Waals surface area contributed by atoms with Crippen molar-refractivity contribution < 1.29 is 4.21 Å². The van der Waals surface area contributed by atoms with E-state index in [1.54, 1.807) is 11.3 Å². The van der Waals surface area contributed by atoms with Crippen LogP contribution in [0.3, 0.4) is 0 Å². The fraction of sp³-hybridized carbons (Fsp3) is 0.625. The Morgan fingerprint density at radius 3 is 3.00 bits per heavy atom. The molecule has 0 aliphatic heterocycles. The van der Waals surface area contributed by atoms with Crippen molar-refractivity contribution in [2.24, 2.45) is 0 Å².